The lowest BCUT2D eigenvalue weighted by Crippen LogP contribution is -2.22. The van der Waals surface area contributed by atoms with Gasteiger partial charge in [-0.2, -0.15) is 0 Å². The third kappa shape index (κ3) is 5.41. The second-order valence-corrected chi connectivity index (χ2v) is 9.19. The monoisotopic (exact) mass is 525 g/mol. The van der Waals surface area contributed by atoms with Crippen molar-refractivity contribution in [3.05, 3.63) is 117 Å². The predicted molar refractivity (Wildman–Crippen MR) is 149 cm³/mol. The quantitative estimate of drug-likeness (QED) is 0.237. The SMILES string of the molecule is Cc1cc2oc(-c3ccccc3Cl)c(OCC(=O)Nc3ccc(Oc4ccccc4)cc3)c(=O)c2cc1C. The standard InChI is InChI=1S/C31H24ClNO5/c1-19-16-25-27(17-20(19)2)38-30(24-10-6-7-11-26(24)32)31(29(25)35)36-18-28(34)33-21-12-14-23(15-13-21)37-22-8-4-3-5-9-22/h3-17H,18H2,1-2H3,(H,33,34). The van der Waals surface area contributed by atoms with Crippen molar-refractivity contribution >= 4 is 34.2 Å². The van der Waals surface area contributed by atoms with Gasteiger partial charge in [-0.3, -0.25) is 9.59 Å². The Labute approximate surface area is 224 Å². The first-order valence-corrected chi connectivity index (χ1v) is 12.4. The molecule has 0 fully saturated rings. The summed E-state index contributed by atoms with van der Waals surface area (Å²) in [7, 11) is 0. The largest absolute Gasteiger partial charge is 0.476 e. The van der Waals surface area contributed by atoms with Crippen LogP contribution in [-0.2, 0) is 4.79 Å². The van der Waals surface area contributed by atoms with E-state index < -0.39 is 12.5 Å². The van der Waals surface area contributed by atoms with Gasteiger partial charge in [0, 0.05) is 11.3 Å². The van der Waals surface area contributed by atoms with Crippen LogP contribution in [0.15, 0.2) is 100 Å². The molecule has 0 radical (unpaired) electrons. The number of para-hydroxylation sites is 1. The predicted octanol–water partition coefficient (Wildman–Crippen LogP) is 7.54. The number of nitrogens with one attached hydrogen (secondary N) is 1. The van der Waals surface area contributed by atoms with E-state index in [0.29, 0.717) is 38.7 Å². The summed E-state index contributed by atoms with van der Waals surface area (Å²) in [6.45, 7) is 3.46. The summed E-state index contributed by atoms with van der Waals surface area (Å²) in [4.78, 5) is 26.2. The third-order valence-electron chi connectivity index (χ3n) is 6.05. The lowest BCUT2D eigenvalue weighted by atomic mass is 10.0. The van der Waals surface area contributed by atoms with Crippen LogP contribution in [0.4, 0.5) is 5.69 Å². The summed E-state index contributed by atoms with van der Waals surface area (Å²) < 4.78 is 17.7. The highest BCUT2D eigenvalue weighted by molar-refractivity contribution is 6.33. The van der Waals surface area contributed by atoms with E-state index in [0.717, 1.165) is 11.1 Å². The molecule has 1 amide bonds. The van der Waals surface area contributed by atoms with Gasteiger partial charge >= 0.3 is 0 Å². The summed E-state index contributed by atoms with van der Waals surface area (Å²) in [5.41, 5.74) is 3.03. The second kappa shape index (κ2) is 10.8. The number of ether oxygens (including phenoxy) is 2. The minimum atomic E-state index is -0.439. The van der Waals surface area contributed by atoms with Crippen LogP contribution in [0.25, 0.3) is 22.3 Å². The number of halogens is 1. The van der Waals surface area contributed by atoms with Crippen LogP contribution in [0, 0.1) is 13.8 Å². The molecule has 0 aliphatic carbocycles. The molecule has 5 aromatic rings. The molecule has 0 unspecified atom stereocenters. The van der Waals surface area contributed by atoms with Crippen molar-refractivity contribution in [2.24, 2.45) is 0 Å². The lowest BCUT2D eigenvalue weighted by molar-refractivity contribution is -0.118. The van der Waals surface area contributed by atoms with Crippen LogP contribution in [0.3, 0.4) is 0 Å². The molecule has 1 heterocycles. The normalized spacial score (nSPS) is 10.8. The zero-order valence-electron chi connectivity index (χ0n) is 20.8. The fraction of sp³-hybridized carbons (Fsp3) is 0.0968. The summed E-state index contributed by atoms with van der Waals surface area (Å²) >= 11 is 6.42. The van der Waals surface area contributed by atoms with Gasteiger partial charge in [-0.1, -0.05) is 41.9 Å². The molecular weight excluding hydrogens is 502 g/mol. The Kier molecular flexibility index (Phi) is 7.15. The van der Waals surface area contributed by atoms with Gasteiger partial charge in [0.25, 0.3) is 5.91 Å². The van der Waals surface area contributed by atoms with E-state index in [2.05, 4.69) is 5.32 Å². The lowest BCUT2D eigenvalue weighted by Gasteiger charge is -2.14. The van der Waals surface area contributed by atoms with Crippen LogP contribution >= 0.6 is 11.6 Å². The average molecular weight is 526 g/mol. The van der Waals surface area contributed by atoms with Gasteiger partial charge in [-0.05, 0) is 85.6 Å². The fourth-order valence-corrected chi connectivity index (χ4v) is 4.17. The molecule has 0 saturated heterocycles. The van der Waals surface area contributed by atoms with E-state index in [9.17, 15) is 9.59 Å². The minimum Gasteiger partial charge on any atom is -0.476 e. The van der Waals surface area contributed by atoms with Crippen LogP contribution in [0.5, 0.6) is 17.2 Å². The zero-order valence-corrected chi connectivity index (χ0v) is 21.5. The maximum absolute atomic E-state index is 13.5. The molecule has 0 bridgehead atoms. The van der Waals surface area contributed by atoms with Gasteiger partial charge in [0.2, 0.25) is 11.2 Å². The van der Waals surface area contributed by atoms with E-state index >= 15 is 0 Å². The minimum absolute atomic E-state index is 0.0735. The Balaban J connectivity index is 1.37. The van der Waals surface area contributed by atoms with Gasteiger partial charge < -0.3 is 19.2 Å². The zero-order chi connectivity index (χ0) is 26.6. The number of amides is 1. The Morgan fingerprint density at radius 1 is 0.868 bits per heavy atom. The summed E-state index contributed by atoms with van der Waals surface area (Å²) in [5.74, 6) is 1.01. The molecule has 4 aromatic carbocycles. The third-order valence-corrected chi connectivity index (χ3v) is 6.38. The number of hydrogen-bond acceptors (Lipinski definition) is 5. The number of benzene rings is 4. The summed E-state index contributed by atoms with van der Waals surface area (Å²) in [5, 5.41) is 3.53. The number of aryl methyl sites for hydroxylation is 2. The molecule has 0 spiro atoms. The Morgan fingerprint density at radius 3 is 2.26 bits per heavy atom. The molecular formula is C31H24ClNO5. The number of hydrogen-bond donors (Lipinski definition) is 1. The fourth-order valence-electron chi connectivity index (χ4n) is 3.95. The van der Waals surface area contributed by atoms with Crippen molar-refractivity contribution in [3.63, 3.8) is 0 Å². The molecule has 0 aliphatic heterocycles. The van der Waals surface area contributed by atoms with Crippen molar-refractivity contribution in [1.29, 1.82) is 0 Å². The van der Waals surface area contributed by atoms with E-state index in [1.165, 1.54) is 0 Å². The van der Waals surface area contributed by atoms with Crippen LogP contribution in [-0.4, -0.2) is 12.5 Å². The Hall–Kier alpha value is -4.55. The van der Waals surface area contributed by atoms with Crippen molar-refractivity contribution in [2.45, 2.75) is 13.8 Å². The van der Waals surface area contributed by atoms with Crippen LogP contribution < -0.4 is 20.2 Å². The molecule has 6 nitrogen and oxygen atoms in total. The number of anilines is 1. The van der Waals surface area contributed by atoms with E-state index in [4.69, 9.17) is 25.5 Å². The van der Waals surface area contributed by atoms with E-state index in [-0.39, 0.29) is 16.9 Å². The molecule has 5 rings (SSSR count). The maximum Gasteiger partial charge on any atom is 0.262 e. The topological polar surface area (TPSA) is 77.8 Å². The van der Waals surface area contributed by atoms with Crippen molar-refractivity contribution in [3.8, 4) is 28.6 Å². The van der Waals surface area contributed by atoms with Gasteiger partial charge in [0.15, 0.2) is 12.4 Å². The average Bonchev–Trinajstić information content (AvgIpc) is 2.91. The van der Waals surface area contributed by atoms with E-state index in [1.54, 1.807) is 54.6 Å². The number of carbonyl (C=O) groups excluding carboxylic acids is 1. The van der Waals surface area contributed by atoms with Crippen molar-refractivity contribution < 1.29 is 18.7 Å². The molecule has 0 aliphatic rings. The summed E-state index contributed by atoms with van der Waals surface area (Å²) in [6.07, 6.45) is 0. The molecule has 1 N–H and O–H groups in total. The van der Waals surface area contributed by atoms with Gasteiger partial charge in [0.1, 0.15) is 17.1 Å². The molecule has 0 saturated carbocycles. The van der Waals surface area contributed by atoms with Crippen molar-refractivity contribution in [1.82, 2.24) is 0 Å². The van der Waals surface area contributed by atoms with E-state index in [1.807, 2.05) is 50.2 Å². The molecule has 38 heavy (non-hydrogen) atoms. The first kappa shape index (κ1) is 25.1. The highest BCUT2D eigenvalue weighted by Crippen LogP contribution is 2.35. The smallest absolute Gasteiger partial charge is 0.262 e. The molecule has 7 heteroatoms. The Morgan fingerprint density at radius 2 is 1.53 bits per heavy atom. The number of carbonyl (C=O) groups is 1. The van der Waals surface area contributed by atoms with Gasteiger partial charge in [-0.25, -0.2) is 0 Å². The Bertz CT molecular complexity index is 1680. The molecule has 0 atom stereocenters. The highest BCUT2D eigenvalue weighted by Gasteiger charge is 2.21. The first-order chi connectivity index (χ1) is 18.4. The highest BCUT2D eigenvalue weighted by atomic mass is 35.5. The summed E-state index contributed by atoms with van der Waals surface area (Å²) in [6, 6.07) is 26.9. The van der Waals surface area contributed by atoms with Crippen molar-refractivity contribution in [2.75, 3.05) is 11.9 Å². The number of rotatable bonds is 7. The van der Waals surface area contributed by atoms with Gasteiger partial charge in [-0.15, -0.1) is 0 Å². The maximum atomic E-state index is 13.5. The van der Waals surface area contributed by atoms with Crippen LogP contribution in [0.1, 0.15) is 11.1 Å². The number of fused-ring (bicyclic) bond motifs is 1. The molecule has 1 aromatic heterocycles. The van der Waals surface area contributed by atoms with Gasteiger partial charge in [0.05, 0.1) is 10.4 Å². The first-order valence-electron chi connectivity index (χ1n) is 12.0. The second-order valence-electron chi connectivity index (χ2n) is 8.78. The molecule has 190 valence electrons. The van der Waals surface area contributed by atoms with Crippen LogP contribution in [0.2, 0.25) is 5.02 Å².